The average molecular weight is 1280 g/mol. The lowest BCUT2D eigenvalue weighted by atomic mass is 9.94. The van der Waals surface area contributed by atoms with Crippen molar-refractivity contribution in [1.29, 1.82) is 0 Å². The van der Waals surface area contributed by atoms with Crippen molar-refractivity contribution in [2.45, 2.75) is 0 Å². The quantitative estimate of drug-likeness (QED) is 0.133. The highest BCUT2D eigenvalue weighted by molar-refractivity contribution is 6.09. The molecule has 20 rings (SSSR count). The summed E-state index contributed by atoms with van der Waals surface area (Å²) in [6.07, 6.45) is 0. The van der Waals surface area contributed by atoms with Crippen molar-refractivity contribution in [3.05, 3.63) is 340 Å². The number of fused-ring (bicyclic) bond motifs is 12. The van der Waals surface area contributed by atoms with E-state index in [4.69, 9.17) is 37.6 Å². The van der Waals surface area contributed by atoms with Gasteiger partial charge in [-0.05, 0) is 154 Å². The Hall–Kier alpha value is -13.6. The van der Waals surface area contributed by atoms with Crippen LogP contribution in [0.3, 0.4) is 0 Å². The zero-order chi connectivity index (χ0) is 66.0. The van der Waals surface area contributed by atoms with E-state index in [9.17, 15) is 0 Å². The smallest absolute Gasteiger partial charge is 0.160 e. The number of para-hydroxylation sites is 4. The minimum atomic E-state index is 0.621. The molecule has 8 nitrogen and oxygen atoms in total. The van der Waals surface area contributed by atoms with Crippen molar-refractivity contribution in [3.63, 3.8) is 0 Å². The predicted octanol–water partition coefficient (Wildman–Crippen LogP) is 25.2. The van der Waals surface area contributed by atoms with Crippen LogP contribution in [0.1, 0.15) is 0 Å². The topological polar surface area (TPSA) is 104 Å². The van der Waals surface area contributed by atoms with E-state index in [1.807, 2.05) is 97.1 Å². The van der Waals surface area contributed by atoms with Crippen molar-refractivity contribution >= 4 is 87.8 Å². The molecule has 8 heteroatoms. The standard InChI is InChI=1S/2C46H28N2O2/c1-3-11-29(12-4-1)33-23-34(30-13-5-2-6-14-30)25-35(24-33)41-28-40(31-19-21-38-36-15-7-9-17-42(36)49-44(38)26-31)47-46(48-41)32-20-22-39-37-16-8-10-18-43(37)50-45(39)27-32;1-2-9-29(10-3-1)32-11-8-12-33(25-32)30-17-19-31(20-18-30)40-28-41(34-21-23-38-36-13-4-6-15-42(36)49-44(38)26-34)48-46(47-40)35-22-24-39-37-14-5-7-16-43(37)50-45(39)27-35/h2*1-28H. The predicted molar refractivity (Wildman–Crippen MR) is 408 cm³/mol. The molecule has 0 bridgehead atoms. The number of hydrogen-bond donors (Lipinski definition) is 0. The summed E-state index contributed by atoms with van der Waals surface area (Å²) in [4.78, 5) is 20.7. The average Bonchev–Trinajstić information content (AvgIpc) is 1.40. The van der Waals surface area contributed by atoms with Gasteiger partial charge < -0.3 is 17.7 Å². The number of rotatable bonds is 10. The lowest BCUT2D eigenvalue weighted by molar-refractivity contribution is 0.668. The first-order chi connectivity index (χ1) is 49.5. The maximum atomic E-state index is 6.29. The van der Waals surface area contributed by atoms with Gasteiger partial charge in [0, 0.05) is 76.5 Å². The lowest BCUT2D eigenvalue weighted by Crippen LogP contribution is -1.96. The zero-order valence-corrected chi connectivity index (χ0v) is 53.8. The van der Waals surface area contributed by atoms with E-state index in [2.05, 4.69) is 243 Å². The third-order valence-corrected chi connectivity index (χ3v) is 19.0. The summed E-state index contributed by atoms with van der Waals surface area (Å²) in [7, 11) is 0. The summed E-state index contributed by atoms with van der Waals surface area (Å²) in [6.45, 7) is 0. The van der Waals surface area contributed by atoms with Gasteiger partial charge in [-0.15, -0.1) is 0 Å². The van der Waals surface area contributed by atoms with E-state index >= 15 is 0 Å². The molecule has 0 spiro atoms. The third-order valence-electron chi connectivity index (χ3n) is 19.0. The Bertz CT molecular complexity index is 6210. The number of nitrogens with zero attached hydrogens (tertiary/aromatic N) is 4. The molecule has 0 atom stereocenters. The van der Waals surface area contributed by atoms with Crippen molar-refractivity contribution in [3.8, 4) is 112 Å². The molecule has 20 aromatic rings. The highest BCUT2D eigenvalue weighted by Gasteiger charge is 2.20. The van der Waals surface area contributed by atoms with E-state index in [0.29, 0.717) is 11.6 Å². The molecule has 0 fully saturated rings. The minimum absolute atomic E-state index is 0.621. The molecule has 468 valence electrons. The second-order valence-electron chi connectivity index (χ2n) is 25.2. The largest absolute Gasteiger partial charge is 0.456 e. The van der Waals surface area contributed by atoms with Crippen LogP contribution in [0.25, 0.3) is 200 Å². The molecule has 0 amide bonds. The number of hydrogen-bond acceptors (Lipinski definition) is 8. The third kappa shape index (κ3) is 10.7. The second kappa shape index (κ2) is 24.3. The number of benzene rings is 14. The van der Waals surface area contributed by atoms with E-state index in [0.717, 1.165) is 172 Å². The molecule has 6 aromatic heterocycles. The Morgan fingerprint density at radius 2 is 0.390 bits per heavy atom. The zero-order valence-electron chi connectivity index (χ0n) is 53.8. The van der Waals surface area contributed by atoms with Crippen LogP contribution in [-0.2, 0) is 0 Å². The molecule has 0 N–H and O–H groups in total. The number of aromatic nitrogens is 4. The van der Waals surface area contributed by atoms with Gasteiger partial charge in [0.25, 0.3) is 0 Å². The Morgan fingerprint density at radius 3 is 0.780 bits per heavy atom. The molecular formula is C92H56N4O4. The Morgan fingerprint density at radius 1 is 0.140 bits per heavy atom. The molecule has 6 heterocycles. The van der Waals surface area contributed by atoms with E-state index in [-0.39, 0.29) is 0 Å². The van der Waals surface area contributed by atoms with Crippen LogP contribution in [0.2, 0.25) is 0 Å². The molecule has 0 saturated carbocycles. The van der Waals surface area contributed by atoms with Crippen molar-refractivity contribution in [2.24, 2.45) is 0 Å². The Balaban J connectivity index is 0.000000139. The van der Waals surface area contributed by atoms with Crippen molar-refractivity contribution in [1.82, 2.24) is 19.9 Å². The normalized spacial score (nSPS) is 11.6. The van der Waals surface area contributed by atoms with Crippen LogP contribution < -0.4 is 0 Å². The summed E-state index contributed by atoms with van der Waals surface area (Å²) in [5, 5.41) is 8.70. The SMILES string of the molecule is c1ccc(-c2cc(-c3ccccc3)cc(-c3cc(-c4ccc5c(c4)oc4ccccc45)nc(-c4ccc5c(c4)oc4ccccc45)n3)c2)cc1.c1ccc(-c2cccc(-c3ccc(-c4cc(-c5ccc6c(c5)oc5ccccc56)nc(-c5ccc6c(c5)oc5ccccc56)n4)cc3)c2)cc1. The van der Waals surface area contributed by atoms with E-state index in [1.165, 1.54) is 16.7 Å². The summed E-state index contributed by atoms with van der Waals surface area (Å²) in [6, 6.07) is 117. The van der Waals surface area contributed by atoms with Gasteiger partial charge in [0.05, 0.1) is 22.8 Å². The molecule has 0 aliphatic rings. The first-order valence-electron chi connectivity index (χ1n) is 33.4. The van der Waals surface area contributed by atoms with Crippen LogP contribution in [0.15, 0.2) is 357 Å². The molecule has 14 aromatic carbocycles. The van der Waals surface area contributed by atoms with E-state index < -0.39 is 0 Å². The van der Waals surface area contributed by atoms with Gasteiger partial charge in [-0.3, -0.25) is 0 Å². The lowest BCUT2D eigenvalue weighted by Gasteiger charge is -2.13. The maximum Gasteiger partial charge on any atom is 0.160 e. The molecule has 0 saturated heterocycles. The highest BCUT2D eigenvalue weighted by Crippen LogP contribution is 2.41. The van der Waals surface area contributed by atoms with Gasteiger partial charge in [-0.2, -0.15) is 0 Å². The summed E-state index contributed by atoms with van der Waals surface area (Å²) < 4.78 is 25.1. The molecular weight excluding hydrogens is 1230 g/mol. The number of furan rings is 4. The summed E-state index contributed by atoms with van der Waals surface area (Å²) >= 11 is 0. The van der Waals surface area contributed by atoms with Crippen molar-refractivity contribution in [2.75, 3.05) is 0 Å². The fourth-order valence-corrected chi connectivity index (χ4v) is 14.0. The molecule has 0 unspecified atom stereocenters. The highest BCUT2D eigenvalue weighted by atomic mass is 16.3. The van der Waals surface area contributed by atoms with Gasteiger partial charge in [-0.1, -0.05) is 231 Å². The van der Waals surface area contributed by atoms with E-state index in [1.54, 1.807) is 0 Å². The van der Waals surface area contributed by atoms with Crippen LogP contribution >= 0.6 is 0 Å². The minimum Gasteiger partial charge on any atom is -0.456 e. The fraction of sp³-hybridized carbons (Fsp3) is 0. The van der Waals surface area contributed by atoms with Crippen LogP contribution in [0.4, 0.5) is 0 Å². The molecule has 0 radical (unpaired) electrons. The first kappa shape index (κ1) is 57.9. The van der Waals surface area contributed by atoms with Gasteiger partial charge in [-0.25, -0.2) is 19.9 Å². The van der Waals surface area contributed by atoms with Gasteiger partial charge >= 0.3 is 0 Å². The van der Waals surface area contributed by atoms with Crippen LogP contribution in [0, 0.1) is 0 Å². The van der Waals surface area contributed by atoms with Gasteiger partial charge in [0.1, 0.15) is 44.7 Å². The second-order valence-corrected chi connectivity index (χ2v) is 25.2. The van der Waals surface area contributed by atoms with Crippen LogP contribution in [-0.4, -0.2) is 19.9 Å². The molecule has 100 heavy (non-hydrogen) atoms. The van der Waals surface area contributed by atoms with Crippen LogP contribution in [0.5, 0.6) is 0 Å². The Kier molecular flexibility index (Phi) is 14.0. The van der Waals surface area contributed by atoms with Crippen molar-refractivity contribution < 1.29 is 17.7 Å². The van der Waals surface area contributed by atoms with Gasteiger partial charge in [0.15, 0.2) is 11.6 Å². The monoisotopic (exact) mass is 1280 g/mol. The van der Waals surface area contributed by atoms with Gasteiger partial charge in [0.2, 0.25) is 0 Å². The maximum absolute atomic E-state index is 6.29. The first-order valence-corrected chi connectivity index (χ1v) is 33.4. The Labute approximate surface area is 574 Å². The molecule has 0 aliphatic heterocycles. The summed E-state index contributed by atoms with van der Waals surface area (Å²) in [5.74, 6) is 1.25. The molecule has 0 aliphatic carbocycles. The summed E-state index contributed by atoms with van der Waals surface area (Å²) in [5.41, 5.74) is 25.0. The fourth-order valence-electron chi connectivity index (χ4n) is 14.0.